The number of hydrogen-bond acceptors (Lipinski definition) is 4. The second-order valence-corrected chi connectivity index (χ2v) is 6.20. The first-order chi connectivity index (χ1) is 8.44. The minimum absolute atomic E-state index is 0. The molecule has 5 nitrogen and oxygen atoms in total. The largest absolute Gasteiger partial charge is 0.372 e. The molecule has 0 aliphatic carbocycles. The molecule has 0 spiro atoms. The standard InChI is InChI=1S/C12H17N3O2S.ClH/c1-9-3-4-10(8-12-13-5-6-14-12)7-11(9)15-18(2,16)17;/h3-4,7,15H,5-6,8H2,1-2H3,(H,13,14);1H. The molecule has 0 saturated heterocycles. The van der Waals surface area contributed by atoms with E-state index in [1.165, 1.54) is 0 Å². The molecule has 0 bridgehead atoms. The van der Waals surface area contributed by atoms with Crippen LogP contribution in [0, 0.1) is 6.92 Å². The van der Waals surface area contributed by atoms with Gasteiger partial charge in [-0.25, -0.2) is 8.42 Å². The highest BCUT2D eigenvalue weighted by atomic mass is 35.5. The Kier molecular flexibility index (Phi) is 5.20. The zero-order valence-corrected chi connectivity index (χ0v) is 12.6. The number of aryl methyl sites for hydroxylation is 1. The van der Waals surface area contributed by atoms with E-state index in [-0.39, 0.29) is 12.4 Å². The molecule has 19 heavy (non-hydrogen) atoms. The molecular formula is C12H18ClN3O2S. The van der Waals surface area contributed by atoms with Gasteiger partial charge >= 0.3 is 0 Å². The van der Waals surface area contributed by atoms with E-state index in [0.29, 0.717) is 12.1 Å². The van der Waals surface area contributed by atoms with Gasteiger partial charge in [0.2, 0.25) is 10.0 Å². The Balaban J connectivity index is 0.00000180. The Morgan fingerprint density at radius 3 is 2.74 bits per heavy atom. The molecule has 1 aliphatic rings. The molecule has 0 saturated carbocycles. The molecule has 0 atom stereocenters. The monoisotopic (exact) mass is 303 g/mol. The highest BCUT2D eigenvalue weighted by Crippen LogP contribution is 2.18. The van der Waals surface area contributed by atoms with Crippen molar-refractivity contribution in [1.82, 2.24) is 5.32 Å². The third-order valence-electron chi connectivity index (χ3n) is 2.71. The third-order valence-corrected chi connectivity index (χ3v) is 3.30. The summed E-state index contributed by atoms with van der Waals surface area (Å²) >= 11 is 0. The summed E-state index contributed by atoms with van der Waals surface area (Å²) in [5.74, 6) is 0.962. The number of nitrogens with one attached hydrogen (secondary N) is 2. The van der Waals surface area contributed by atoms with Crippen molar-refractivity contribution in [3.8, 4) is 0 Å². The van der Waals surface area contributed by atoms with E-state index in [1.807, 2.05) is 25.1 Å². The lowest BCUT2D eigenvalue weighted by Gasteiger charge is -2.10. The second kappa shape index (κ2) is 6.25. The van der Waals surface area contributed by atoms with Gasteiger partial charge in [0, 0.05) is 13.0 Å². The zero-order valence-electron chi connectivity index (χ0n) is 10.9. The summed E-state index contributed by atoms with van der Waals surface area (Å²) < 4.78 is 25.0. The molecule has 0 aromatic heterocycles. The van der Waals surface area contributed by atoms with E-state index < -0.39 is 10.0 Å². The molecule has 0 fully saturated rings. The molecular weight excluding hydrogens is 286 g/mol. The summed E-state index contributed by atoms with van der Waals surface area (Å²) in [6.45, 7) is 3.58. The smallest absolute Gasteiger partial charge is 0.229 e. The molecule has 0 amide bonds. The van der Waals surface area contributed by atoms with E-state index >= 15 is 0 Å². The van der Waals surface area contributed by atoms with Gasteiger partial charge in [0.25, 0.3) is 0 Å². The van der Waals surface area contributed by atoms with Crippen molar-refractivity contribution in [1.29, 1.82) is 0 Å². The molecule has 2 rings (SSSR count). The fourth-order valence-corrected chi connectivity index (χ4v) is 2.47. The topological polar surface area (TPSA) is 70.6 Å². The van der Waals surface area contributed by atoms with Crippen LogP contribution in [0.4, 0.5) is 5.69 Å². The van der Waals surface area contributed by atoms with Crippen molar-refractivity contribution in [2.75, 3.05) is 24.1 Å². The lowest BCUT2D eigenvalue weighted by atomic mass is 10.1. The Hall–Kier alpha value is -1.27. The van der Waals surface area contributed by atoms with Crippen LogP contribution in [0.2, 0.25) is 0 Å². The van der Waals surface area contributed by atoms with Crippen molar-refractivity contribution >= 4 is 34.0 Å². The fraction of sp³-hybridized carbons (Fsp3) is 0.417. The van der Waals surface area contributed by atoms with Gasteiger partial charge in [0.05, 0.1) is 18.5 Å². The van der Waals surface area contributed by atoms with Gasteiger partial charge in [-0.1, -0.05) is 12.1 Å². The summed E-state index contributed by atoms with van der Waals surface area (Å²) in [6, 6.07) is 5.77. The first kappa shape index (κ1) is 15.8. The van der Waals surface area contributed by atoms with Crippen LogP contribution in [-0.4, -0.2) is 33.6 Å². The molecule has 7 heteroatoms. The number of sulfonamides is 1. The summed E-state index contributed by atoms with van der Waals surface area (Å²) in [5.41, 5.74) is 2.58. The third kappa shape index (κ3) is 4.72. The molecule has 0 radical (unpaired) electrons. The van der Waals surface area contributed by atoms with Crippen LogP contribution in [0.5, 0.6) is 0 Å². The maximum atomic E-state index is 11.3. The number of anilines is 1. The van der Waals surface area contributed by atoms with Crippen molar-refractivity contribution < 1.29 is 8.42 Å². The van der Waals surface area contributed by atoms with Crippen LogP contribution in [0.3, 0.4) is 0 Å². The fourth-order valence-electron chi connectivity index (χ4n) is 1.85. The molecule has 1 aromatic rings. The average Bonchev–Trinajstić information content (AvgIpc) is 2.74. The Bertz CT molecular complexity index is 585. The lowest BCUT2D eigenvalue weighted by Crippen LogP contribution is -2.20. The van der Waals surface area contributed by atoms with E-state index in [1.54, 1.807) is 0 Å². The summed E-state index contributed by atoms with van der Waals surface area (Å²) in [5, 5.41) is 3.20. The van der Waals surface area contributed by atoms with Gasteiger partial charge in [0.1, 0.15) is 5.84 Å². The Morgan fingerprint density at radius 1 is 1.42 bits per heavy atom. The molecule has 0 unspecified atom stereocenters. The quantitative estimate of drug-likeness (QED) is 0.881. The highest BCUT2D eigenvalue weighted by Gasteiger charge is 2.09. The van der Waals surface area contributed by atoms with Gasteiger partial charge in [0.15, 0.2) is 0 Å². The summed E-state index contributed by atoms with van der Waals surface area (Å²) in [4.78, 5) is 4.32. The van der Waals surface area contributed by atoms with Crippen LogP contribution in [0.1, 0.15) is 11.1 Å². The van der Waals surface area contributed by atoms with Crippen LogP contribution < -0.4 is 10.0 Å². The van der Waals surface area contributed by atoms with Gasteiger partial charge in [-0.3, -0.25) is 9.71 Å². The van der Waals surface area contributed by atoms with Crippen LogP contribution in [-0.2, 0) is 16.4 Å². The second-order valence-electron chi connectivity index (χ2n) is 4.46. The van der Waals surface area contributed by atoms with Crippen molar-refractivity contribution in [3.05, 3.63) is 29.3 Å². The molecule has 2 N–H and O–H groups in total. The van der Waals surface area contributed by atoms with E-state index in [9.17, 15) is 8.42 Å². The average molecular weight is 304 g/mol. The molecule has 1 aromatic carbocycles. The summed E-state index contributed by atoms with van der Waals surface area (Å²) in [7, 11) is -3.24. The predicted octanol–water partition coefficient (Wildman–Crippen LogP) is 1.33. The number of rotatable bonds is 4. The maximum Gasteiger partial charge on any atom is 0.229 e. The normalized spacial score (nSPS) is 14.3. The number of nitrogens with zero attached hydrogens (tertiary/aromatic N) is 1. The van der Waals surface area contributed by atoms with Crippen LogP contribution in [0.25, 0.3) is 0 Å². The number of amidine groups is 1. The van der Waals surface area contributed by atoms with Crippen molar-refractivity contribution in [3.63, 3.8) is 0 Å². The lowest BCUT2D eigenvalue weighted by molar-refractivity contribution is 0.607. The number of halogens is 1. The SMILES string of the molecule is Cc1ccc(CC2=NCCN2)cc1NS(C)(=O)=O.Cl. The van der Waals surface area contributed by atoms with Gasteiger partial charge < -0.3 is 5.32 Å². The zero-order chi connectivity index (χ0) is 13.2. The van der Waals surface area contributed by atoms with E-state index in [2.05, 4.69) is 15.0 Å². The van der Waals surface area contributed by atoms with Crippen LogP contribution in [0.15, 0.2) is 23.2 Å². The highest BCUT2D eigenvalue weighted by molar-refractivity contribution is 7.92. The molecule has 106 valence electrons. The number of aliphatic imine (C=N–C) groups is 1. The Labute approximate surface area is 120 Å². The number of hydrogen-bond donors (Lipinski definition) is 2. The summed E-state index contributed by atoms with van der Waals surface area (Å²) in [6.07, 6.45) is 1.86. The van der Waals surface area contributed by atoms with E-state index in [0.717, 1.165) is 36.3 Å². The molecule has 1 heterocycles. The maximum absolute atomic E-state index is 11.3. The van der Waals surface area contributed by atoms with Gasteiger partial charge in [-0.2, -0.15) is 0 Å². The first-order valence-electron chi connectivity index (χ1n) is 5.78. The Morgan fingerprint density at radius 2 is 2.16 bits per heavy atom. The predicted molar refractivity (Wildman–Crippen MR) is 80.9 cm³/mol. The molecule has 1 aliphatic heterocycles. The number of benzene rings is 1. The van der Waals surface area contributed by atoms with Crippen molar-refractivity contribution in [2.45, 2.75) is 13.3 Å². The van der Waals surface area contributed by atoms with Gasteiger partial charge in [-0.05, 0) is 24.1 Å². The van der Waals surface area contributed by atoms with Crippen molar-refractivity contribution in [2.24, 2.45) is 4.99 Å². The minimum Gasteiger partial charge on any atom is -0.372 e. The minimum atomic E-state index is -3.24. The first-order valence-corrected chi connectivity index (χ1v) is 7.68. The van der Waals surface area contributed by atoms with Gasteiger partial charge in [-0.15, -0.1) is 12.4 Å². The van der Waals surface area contributed by atoms with Crippen LogP contribution >= 0.6 is 12.4 Å². The van der Waals surface area contributed by atoms with E-state index in [4.69, 9.17) is 0 Å².